The van der Waals surface area contributed by atoms with E-state index in [0.29, 0.717) is 6.54 Å². The van der Waals surface area contributed by atoms with Crippen molar-refractivity contribution < 1.29 is 4.79 Å². The van der Waals surface area contributed by atoms with Gasteiger partial charge in [-0.15, -0.1) is 0 Å². The Labute approximate surface area is 151 Å². The molecule has 24 heavy (non-hydrogen) atoms. The highest BCUT2D eigenvalue weighted by molar-refractivity contribution is 9.10. The van der Waals surface area contributed by atoms with E-state index in [0.717, 1.165) is 48.4 Å². The molecule has 3 N–H and O–H groups in total. The summed E-state index contributed by atoms with van der Waals surface area (Å²) in [4.78, 5) is 14.4. The number of amides is 1. The van der Waals surface area contributed by atoms with Crippen LogP contribution in [0, 0.1) is 18.3 Å². The summed E-state index contributed by atoms with van der Waals surface area (Å²) in [5.41, 5.74) is 1.99. The first-order valence-electron chi connectivity index (χ1n) is 7.94. The van der Waals surface area contributed by atoms with Crippen LogP contribution in [0.2, 0.25) is 0 Å². The highest BCUT2D eigenvalue weighted by Crippen LogP contribution is 2.23. The molecular formula is C17H22BrN5O. The van der Waals surface area contributed by atoms with Gasteiger partial charge in [-0.1, -0.05) is 6.07 Å². The zero-order chi connectivity index (χ0) is 17.4. The number of hydrogen-bond donors (Lipinski definition) is 3. The fourth-order valence-corrected chi connectivity index (χ4v) is 3.00. The fourth-order valence-electron chi connectivity index (χ4n) is 2.39. The maximum Gasteiger partial charge on any atom is 0.263 e. The highest BCUT2D eigenvalue weighted by atomic mass is 79.9. The zero-order valence-electron chi connectivity index (χ0n) is 13.7. The van der Waals surface area contributed by atoms with Crippen molar-refractivity contribution in [3.05, 3.63) is 40.0 Å². The van der Waals surface area contributed by atoms with Crippen LogP contribution in [0.1, 0.15) is 5.56 Å². The number of carbonyl (C=O) groups is 1. The smallest absolute Gasteiger partial charge is 0.263 e. The SMILES string of the molecule is Cc1ccc(N/C=C(/C#N)C(=O)NCCN2CCNCC2)c(Br)c1. The van der Waals surface area contributed by atoms with Crippen molar-refractivity contribution in [3.63, 3.8) is 0 Å². The first-order valence-corrected chi connectivity index (χ1v) is 8.73. The monoisotopic (exact) mass is 391 g/mol. The first-order chi connectivity index (χ1) is 11.6. The Balaban J connectivity index is 1.85. The molecule has 0 atom stereocenters. The van der Waals surface area contributed by atoms with Crippen LogP contribution in [0.15, 0.2) is 34.4 Å². The van der Waals surface area contributed by atoms with E-state index in [2.05, 4.69) is 36.8 Å². The van der Waals surface area contributed by atoms with Gasteiger partial charge < -0.3 is 16.0 Å². The number of halogens is 1. The lowest BCUT2D eigenvalue weighted by atomic mass is 10.2. The largest absolute Gasteiger partial charge is 0.359 e. The van der Waals surface area contributed by atoms with Crippen LogP contribution >= 0.6 is 15.9 Å². The molecule has 1 aliphatic heterocycles. The molecule has 6 nitrogen and oxygen atoms in total. The van der Waals surface area contributed by atoms with Gasteiger partial charge in [0.25, 0.3) is 5.91 Å². The molecule has 0 saturated carbocycles. The number of carbonyl (C=O) groups excluding carboxylic acids is 1. The molecule has 1 heterocycles. The molecule has 0 bridgehead atoms. The number of anilines is 1. The van der Waals surface area contributed by atoms with E-state index in [4.69, 9.17) is 0 Å². The second-order valence-electron chi connectivity index (χ2n) is 5.64. The van der Waals surface area contributed by atoms with E-state index < -0.39 is 0 Å². The molecule has 2 rings (SSSR count). The summed E-state index contributed by atoms with van der Waals surface area (Å²) in [5, 5.41) is 18.3. The van der Waals surface area contributed by atoms with E-state index in [1.807, 2.05) is 31.2 Å². The van der Waals surface area contributed by atoms with Crippen molar-refractivity contribution in [1.29, 1.82) is 5.26 Å². The maximum atomic E-state index is 12.1. The van der Waals surface area contributed by atoms with E-state index >= 15 is 0 Å². The average Bonchev–Trinajstić information content (AvgIpc) is 2.58. The van der Waals surface area contributed by atoms with E-state index in [-0.39, 0.29) is 11.5 Å². The molecule has 0 spiro atoms. The summed E-state index contributed by atoms with van der Waals surface area (Å²) < 4.78 is 0.884. The van der Waals surface area contributed by atoms with Gasteiger partial charge in [-0.2, -0.15) is 5.26 Å². The molecule has 1 fully saturated rings. The third-order valence-electron chi connectivity index (χ3n) is 3.78. The van der Waals surface area contributed by atoms with Crippen molar-refractivity contribution in [2.75, 3.05) is 44.6 Å². The molecule has 128 valence electrons. The van der Waals surface area contributed by atoms with Crippen molar-refractivity contribution in [2.24, 2.45) is 0 Å². The Morgan fingerprint density at radius 1 is 1.46 bits per heavy atom. The van der Waals surface area contributed by atoms with Gasteiger partial charge in [-0.05, 0) is 40.5 Å². The summed E-state index contributed by atoms with van der Waals surface area (Å²) >= 11 is 3.46. The van der Waals surface area contributed by atoms with Crippen LogP contribution in [-0.4, -0.2) is 50.1 Å². The van der Waals surface area contributed by atoms with Gasteiger partial charge in [0.15, 0.2) is 0 Å². The predicted octanol–water partition coefficient (Wildman–Crippen LogP) is 1.60. The van der Waals surface area contributed by atoms with Crippen molar-refractivity contribution in [3.8, 4) is 6.07 Å². The third kappa shape index (κ3) is 5.64. The Hall–Kier alpha value is -1.88. The van der Waals surface area contributed by atoms with Crippen LogP contribution in [0.4, 0.5) is 5.69 Å². The Morgan fingerprint density at radius 2 is 2.21 bits per heavy atom. The Morgan fingerprint density at radius 3 is 2.88 bits per heavy atom. The van der Waals surface area contributed by atoms with Crippen molar-refractivity contribution in [1.82, 2.24) is 15.5 Å². The highest BCUT2D eigenvalue weighted by Gasteiger charge is 2.12. The third-order valence-corrected chi connectivity index (χ3v) is 4.44. The van der Waals surface area contributed by atoms with Crippen LogP contribution in [0.3, 0.4) is 0 Å². The minimum atomic E-state index is -0.358. The quantitative estimate of drug-likeness (QED) is 0.506. The average molecular weight is 392 g/mol. The van der Waals surface area contributed by atoms with Gasteiger partial charge in [0.2, 0.25) is 0 Å². The fraction of sp³-hybridized carbons (Fsp3) is 0.412. The van der Waals surface area contributed by atoms with Crippen LogP contribution in [0.25, 0.3) is 0 Å². The van der Waals surface area contributed by atoms with E-state index in [1.165, 1.54) is 6.20 Å². The summed E-state index contributed by atoms with van der Waals surface area (Å²) in [7, 11) is 0. The summed E-state index contributed by atoms with van der Waals surface area (Å²) in [6.07, 6.45) is 1.44. The number of hydrogen-bond acceptors (Lipinski definition) is 5. The minimum absolute atomic E-state index is 0.0581. The minimum Gasteiger partial charge on any atom is -0.359 e. The van der Waals surface area contributed by atoms with Gasteiger partial charge >= 0.3 is 0 Å². The Kier molecular flexibility index (Phi) is 7.25. The lowest BCUT2D eigenvalue weighted by molar-refractivity contribution is -0.117. The van der Waals surface area contributed by atoms with Gasteiger partial charge in [0.05, 0.1) is 5.69 Å². The standard InChI is InChI=1S/C17H22BrN5O/c1-13-2-3-16(15(18)10-13)22-12-14(11-19)17(24)21-6-9-23-7-4-20-5-8-23/h2-3,10,12,20,22H,4-9H2,1H3,(H,21,24)/b14-12-. The maximum absolute atomic E-state index is 12.1. The van der Waals surface area contributed by atoms with Gasteiger partial charge in [0.1, 0.15) is 11.6 Å². The molecule has 0 unspecified atom stereocenters. The number of benzene rings is 1. The second-order valence-corrected chi connectivity index (χ2v) is 6.50. The molecule has 1 amide bonds. The van der Waals surface area contributed by atoms with E-state index in [1.54, 1.807) is 0 Å². The Bertz CT molecular complexity index is 647. The lowest BCUT2D eigenvalue weighted by Crippen LogP contribution is -2.46. The summed E-state index contributed by atoms with van der Waals surface area (Å²) in [6.45, 7) is 7.25. The number of piperazine rings is 1. The van der Waals surface area contributed by atoms with Gasteiger partial charge in [0, 0.05) is 49.9 Å². The predicted molar refractivity (Wildman–Crippen MR) is 98.5 cm³/mol. The molecule has 0 aliphatic carbocycles. The molecule has 0 aromatic heterocycles. The van der Waals surface area contributed by atoms with Gasteiger partial charge in [-0.25, -0.2) is 0 Å². The number of aryl methyl sites for hydroxylation is 1. The van der Waals surface area contributed by atoms with Crippen LogP contribution in [-0.2, 0) is 4.79 Å². The first kappa shape index (κ1) is 18.5. The molecular weight excluding hydrogens is 370 g/mol. The van der Waals surface area contributed by atoms with Crippen molar-refractivity contribution >= 4 is 27.5 Å². The van der Waals surface area contributed by atoms with E-state index in [9.17, 15) is 10.1 Å². The summed E-state index contributed by atoms with van der Waals surface area (Å²) in [6, 6.07) is 7.76. The molecule has 1 aromatic rings. The molecule has 1 aromatic carbocycles. The number of rotatable bonds is 6. The number of nitriles is 1. The topological polar surface area (TPSA) is 80.2 Å². The molecule has 0 radical (unpaired) electrons. The van der Waals surface area contributed by atoms with Crippen LogP contribution < -0.4 is 16.0 Å². The number of nitrogens with zero attached hydrogens (tertiary/aromatic N) is 2. The molecule has 7 heteroatoms. The van der Waals surface area contributed by atoms with Crippen molar-refractivity contribution in [2.45, 2.75) is 6.92 Å². The van der Waals surface area contributed by atoms with Crippen LogP contribution in [0.5, 0.6) is 0 Å². The normalized spacial score (nSPS) is 15.6. The second kappa shape index (κ2) is 9.42. The van der Waals surface area contributed by atoms with Gasteiger partial charge in [-0.3, -0.25) is 9.69 Å². The lowest BCUT2D eigenvalue weighted by Gasteiger charge is -2.27. The summed E-state index contributed by atoms with van der Waals surface area (Å²) in [5.74, 6) is -0.358. The molecule has 1 saturated heterocycles. The number of nitrogens with one attached hydrogen (secondary N) is 3. The molecule has 1 aliphatic rings. The zero-order valence-corrected chi connectivity index (χ0v) is 15.3.